The molecule has 1 aromatic heterocycles. The second-order valence-electron chi connectivity index (χ2n) is 5.02. The molecule has 1 amide bonds. The topological polar surface area (TPSA) is 98.5 Å². The molecule has 124 valence electrons. The average Bonchev–Trinajstić information content (AvgIpc) is 2.90. The number of rotatable bonds is 7. The number of methoxy groups -OCH3 is 1. The minimum absolute atomic E-state index is 0.149. The maximum atomic E-state index is 12.2. The summed E-state index contributed by atoms with van der Waals surface area (Å²) in [5.74, 6) is 0.486. The maximum absolute atomic E-state index is 12.2. The Morgan fingerprint density at radius 2 is 2.09 bits per heavy atom. The Labute approximate surface area is 134 Å². The van der Waals surface area contributed by atoms with Gasteiger partial charge in [-0.05, 0) is 13.0 Å². The van der Waals surface area contributed by atoms with Crippen LogP contribution in [0.1, 0.15) is 17.7 Å². The number of nitrogens with zero attached hydrogens (tertiary/aromatic N) is 1. The molecule has 1 heterocycles. The van der Waals surface area contributed by atoms with Crippen molar-refractivity contribution in [2.75, 3.05) is 18.2 Å². The van der Waals surface area contributed by atoms with Gasteiger partial charge in [0.15, 0.2) is 15.7 Å². The van der Waals surface area contributed by atoms with Crippen LogP contribution >= 0.6 is 0 Å². The smallest absolute Gasteiger partial charge is 0.226 e. The normalized spacial score (nSPS) is 11.2. The number of amides is 1. The van der Waals surface area contributed by atoms with Crippen molar-refractivity contribution in [3.63, 3.8) is 0 Å². The average molecular weight is 338 g/mol. The standard InChI is InChI=1S/C15H18N2O5S/c1-11-9-14(17-22-11)16-15(18)7-8-23(19,20)10-12-5-3-4-6-13(12)21-2/h3-6,9H,7-8,10H2,1-2H3,(H,16,17,18). The molecule has 2 aromatic rings. The molecule has 0 aliphatic rings. The van der Waals surface area contributed by atoms with Crippen LogP contribution in [0, 0.1) is 6.92 Å². The first kappa shape index (κ1) is 17.0. The Bertz CT molecular complexity index is 783. The van der Waals surface area contributed by atoms with Gasteiger partial charge < -0.3 is 14.6 Å². The number of nitrogens with one attached hydrogen (secondary N) is 1. The molecule has 0 saturated heterocycles. The zero-order valence-corrected chi connectivity index (χ0v) is 13.7. The van der Waals surface area contributed by atoms with E-state index in [1.165, 1.54) is 7.11 Å². The van der Waals surface area contributed by atoms with Crippen LogP contribution in [-0.4, -0.2) is 32.3 Å². The van der Waals surface area contributed by atoms with E-state index in [9.17, 15) is 13.2 Å². The summed E-state index contributed by atoms with van der Waals surface area (Å²) < 4.78 is 34.3. The zero-order valence-electron chi connectivity index (χ0n) is 12.9. The fraction of sp³-hybridized carbons (Fsp3) is 0.333. The predicted molar refractivity (Wildman–Crippen MR) is 85.0 cm³/mol. The molecular weight excluding hydrogens is 320 g/mol. The SMILES string of the molecule is COc1ccccc1CS(=O)(=O)CCC(=O)Nc1cc(C)on1. The lowest BCUT2D eigenvalue weighted by atomic mass is 10.2. The third-order valence-corrected chi connectivity index (χ3v) is 4.68. The predicted octanol–water partition coefficient (Wildman–Crippen LogP) is 1.94. The number of ether oxygens (including phenoxy) is 1. The van der Waals surface area contributed by atoms with Gasteiger partial charge in [-0.3, -0.25) is 4.79 Å². The summed E-state index contributed by atoms with van der Waals surface area (Å²) in [5, 5.41) is 6.11. The number of carbonyl (C=O) groups excluding carboxylic acids is 1. The molecule has 7 nitrogen and oxygen atoms in total. The summed E-state index contributed by atoms with van der Waals surface area (Å²) in [4.78, 5) is 11.8. The number of aromatic nitrogens is 1. The lowest BCUT2D eigenvalue weighted by Gasteiger charge is -2.08. The third kappa shape index (κ3) is 5.10. The van der Waals surface area contributed by atoms with E-state index < -0.39 is 15.7 Å². The third-order valence-electron chi connectivity index (χ3n) is 3.10. The van der Waals surface area contributed by atoms with Crippen LogP contribution in [0.5, 0.6) is 5.75 Å². The monoisotopic (exact) mass is 338 g/mol. The summed E-state index contributed by atoms with van der Waals surface area (Å²) in [7, 11) is -1.95. The molecule has 8 heteroatoms. The maximum Gasteiger partial charge on any atom is 0.226 e. The van der Waals surface area contributed by atoms with Crippen molar-refractivity contribution >= 4 is 21.6 Å². The molecule has 1 N–H and O–H groups in total. The van der Waals surface area contributed by atoms with Crippen molar-refractivity contribution in [2.24, 2.45) is 0 Å². The van der Waals surface area contributed by atoms with E-state index in [0.717, 1.165) is 0 Å². The first-order valence-electron chi connectivity index (χ1n) is 6.95. The fourth-order valence-electron chi connectivity index (χ4n) is 2.01. The molecule has 1 aromatic carbocycles. The van der Waals surface area contributed by atoms with Crippen molar-refractivity contribution in [3.05, 3.63) is 41.7 Å². The van der Waals surface area contributed by atoms with Crippen molar-refractivity contribution < 1.29 is 22.5 Å². The Hall–Kier alpha value is -2.35. The van der Waals surface area contributed by atoms with Crippen molar-refractivity contribution in [2.45, 2.75) is 19.1 Å². The number of carbonyl (C=O) groups is 1. The molecule has 23 heavy (non-hydrogen) atoms. The number of hydrogen-bond donors (Lipinski definition) is 1. The van der Waals surface area contributed by atoms with Crippen molar-refractivity contribution in [3.8, 4) is 5.75 Å². The van der Waals surface area contributed by atoms with Crippen LogP contribution in [0.4, 0.5) is 5.82 Å². The summed E-state index contributed by atoms with van der Waals surface area (Å²) in [6.45, 7) is 1.69. The molecular formula is C15H18N2O5S. The van der Waals surface area contributed by atoms with Gasteiger partial charge in [0, 0.05) is 18.1 Å². The highest BCUT2D eigenvalue weighted by Gasteiger charge is 2.17. The highest BCUT2D eigenvalue weighted by Crippen LogP contribution is 2.20. The Morgan fingerprint density at radius 1 is 1.35 bits per heavy atom. The second-order valence-corrected chi connectivity index (χ2v) is 7.21. The van der Waals surface area contributed by atoms with E-state index in [0.29, 0.717) is 17.1 Å². The number of hydrogen-bond acceptors (Lipinski definition) is 6. The van der Waals surface area contributed by atoms with E-state index in [1.807, 2.05) is 0 Å². The molecule has 0 bridgehead atoms. The summed E-state index contributed by atoms with van der Waals surface area (Å²) in [5.41, 5.74) is 0.572. The number of aryl methyl sites for hydroxylation is 1. The van der Waals surface area contributed by atoms with Gasteiger partial charge in [-0.2, -0.15) is 0 Å². The van der Waals surface area contributed by atoms with Crippen LogP contribution in [0.15, 0.2) is 34.9 Å². The van der Waals surface area contributed by atoms with E-state index in [2.05, 4.69) is 10.5 Å². The summed E-state index contributed by atoms with van der Waals surface area (Å²) >= 11 is 0. The number of anilines is 1. The fourth-order valence-corrected chi connectivity index (χ4v) is 3.36. The van der Waals surface area contributed by atoms with Crippen LogP contribution in [0.2, 0.25) is 0 Å². The van der Waals surface area contributed by atoms with Crippen molar-refractivity contribution in [1.29, 1.82) is 0 Å². The van der Waals surface area contributed by atoms with Crippen LogP contribution in [0.3, 0.4) is 0 Å². The van der Waals surface area contributed by atoms with Gasteiger partial charge in [0.2, 0.25) is 5.91 Å². The van der Waals surface area contributed by atoms with Crippen LogP contribution < -0.4 is 10.1 Å². The number of para-hydroxylation sites is 1. The lowest BCUT2D eigenvalue weighted by Crippen LogP contribution is -2.18. The van der Waals surface area contributed by atoms with Gasteiger partial charge in [0.05, 0.1) is 18.6 Å². The molecule has 0 fully saturated rings. The first-order valence-corrected chi connectivity index (χ1v) is 8.77. The highest BCUT2D eigenvalue weighted by molar-refractivity contribution is 7.90. The molecule has 0 radical (unpaired) electrons. The summed E-state index contributed by atoms with van der Waals surface area (Å²) in [6.07, 6.45) is -0.149. The van der Waals surface area contributed by atoms with E-state index in [4.69, 9.17) is 9.26 Å². The van der Waals surface area contributed by atoms with Gasteiger partial charge in [-0.1, -0.05) is 23.4 Å². The van der Waals surface area contributed by atoms with Crippen LogP contribution in [0.25, 0.3) is 0 Å². The van der Waals surface area contributed by atoms with E-state index in [-0.39, 0.29) is 23.7 Å². The van der Waals surface area contributed by atoms with Gasteiger partial charge in [0.25, 0.3) is 0 Å². The van der Waals surface area contributed by atoms with Gasteiger partial charge in [0.1, 0.15) is 11.5 Å². The second kappa shape index (κ2) is 7.28. The minimum Gasteiger partial charge on any atom is -0.496 e. The zero-order chi connectivity index (χ0) is 16.9. The van der Waals surface area contributed by atoms with E-state index in [1.54, 1.807) is 37.3 Å². The van der Waals surface area contributed by atoms with Crippen molar-refractivity contribution in [1.82, 2.24) is 5.16 Å². The quantitative estimate of drug-likeness (QED) is 0.828. The lowest BCUT2D eigenvalue weighted by molar-refractivity contribution is -0.115. The molecule has 0 aliphatic carbocycles. The van der Waals surface area contributed by atoms with Crippen LogP contribution in [-0.2, 0) is 20.4 Å². The number of benzene rings is 1. The largest absolute Gasteiger partial charge is 0.496 e. The molecule has 2 rings (SSSR count). The molecule has 0 unspecified atom stereocenters. The Balaban J connectivity index is 1.92. The Morgan fingerprint density at radius 3 is 2.74 bits per heavy atom. The molecule has 0 spiro atoms. The summed E-state index contributed by atoms with van der Waals surface area (Å²) in [6, 6.07) is 8.45. The van der Waals surface area contributed by atoms with Gasteiger partial charge in [-0.15, -0.1) is 0 Å². The Kier molecular flexibility index (Phi) is 5.38. The molecule has 0 saturated carbocycles. The number of sulfone groups is 1. The molecule has 0 atom stereocenters. The molecule has 0 aliphatic heterocycles. The van der Waals surface area contributed by atoms with E-state index >= 15 is 0 Å². The first-order chi connectivity index (χ1) is 10.9. The van der Waals surface area contributed by atoms with Gasteiger partial charge in [-0.25, -0.2) is 8.42 Å². The minimum atomic E-state index is -3.43. The van der Waals surface area contributed by atoms with Gasteiger partial charge >= 0.3 is 0 Å². The highest BCUT2D eigenvalue weighted by atomic mass is 32.2.